The molecule has 1 amide bonds. The Labute approximate surface area is 127 Å². The number of nitrogens with one attached hydrogen (secondary N) is 1. The van der Waals surface area contributed by atoms with Crippen molar-refractivity contribution in [2.45, 2.75) is 32.2 Å². The molecule has 7 heteroatoms. The predicted molar refractivity (Wildman–Crippen MR) is 78.9 cm³/mol. The van der Waals surface area contributed by atoms with Gasteiger partial charge in [0.2, 0.25) is 5.91 Å². The molecule has 1 aromatic heterocycles. The van der Waals surface area contributed by atoms with E-state index in [9.17, 15) is 14.7 Å². The quantitative estimate of drug-likeness (QED) is 0.812. The van der Waals surface area contributed by atoms with Gasteiger partial charge in [-0.3, -0.25) is 9.48 Å². The van der Waals surface area contributed by atoms with Crippen molar-refractivity contribution >= 4 is 29.6 Å². The lowest BCUT2D eigenvalue weighted by Gasteiger charge is -2.25. The molecule has 2 N–H and O–H groups in total. The summed E-state index contributed by atoms with van der Waals surface area (Å²) in [5.74, 6) is -1.47. The molecule has 0 aromatic carbocycles. The summed E-state index contributed by atoms with van der Waals surface area (Å²) in [6.45, 7) is 3.33. The maximum absolute atomic E-state index is 12.0. The van der Waals surface area contributed by atoms with Crippen LogP contribution in [0, 0.1) is 12.8 Å². The van der Waals surface area contributed by atoms with Crippen molar-refractivity contribution in [1.82, 2.24) is 15.1 Å². The van der Waals surface area contributed by atoms with Crippen LogP contribution in [-0.2, 0) is 16.6 Å². The highest BCUT2D eigenvalue weighted by Crippen LogP contribution is 2.39. The summed E-state index contributed by atoms with van der Waals surface area (Å²) in [4.78, 5) is 23.3. The van der Waals surface area contributed by atoms with Gasteiger partial charge in [-0.05, 0) is 38.7 Å². The largest absolute Gasteiger partial charge is 0.480 e. The summed E-state index contributed by atoms with van der Waals surface area (Å²) < 4.78 is 1.51. The number of nitrogens with zero attached hydrogens (tertiary/aromatic N) is 2. The first-order valence-corrected chi connectivity index (χ1v) is 7.06. The molecular weight excluding hydrogens is 294 g/mol. The minimum absolute atomic E-state index is 0.00364. The average Bonchev–Trinajstić information content (AvgIpc) is 3.19. The Morgan fingerprint density at radius 2 is 2.14 bits per heavy atom. The van der Waals surface area contributed by atoms with Gasteiger partial charge in [-0.15, -0.1) is 0 Å². The Morgan fingerprint density at radius 1 is 1.52 bits per heavy atom. The van der Waals surface area contributed by atoms with Crippen LogP contribution >= 0.6 is 11.6 Å². The third-order valence-corrected chi connectivity index (χ3v) is 4.27. The Morgan fingerprint density at radius 3 is 2.57 bits per heavy atom. The van der Waals surface area contributed by atoms with Crippen molar-refractivity contribution in [3.63, 3.8) is 0 Å². The fraction of sp³-hybridized carbons (Fsp3) is 0.500. The number of aromatic nitrogens is 2. The minimum Gasteiger partial charge on any atom is -0.480 e. The second-order valence-electron chi connectivity index (χ2n) is 5.52. The average molecular weight is 312 g/mol. The van der Waals surface area contributed by atoms with E-state index in [0.29, 0.717) is 16.4 Å². The highest BCUT2D eigenvalue weighted by Gasteiger charge is 2.48. The summed E-state index contributed by atoms with van der Waals surface area (Å²) >= 11 is 6.06. The molecule has 1 atom stereocenters. The third-order valence-electron chi connectivity index (χ3n) is 3.82. The monoisotopic (exact) mass is 311 g/mol. The SMILES string of the molecule is Cc1nn(C)c(Cl)c1/C=C/C(=O)NC(C)(C(=O)O)C1CC1. The van der Waals surface area contributed by atoms with E-state index in [-0.39, 0.29) is 5.92 Å². The number of carbonyl (C=O) groups excluding carboxylic acids is 1. The number of amides is 1. The third kappa shape index (κ3) is 3.10. The van der Waals surface area contributed by atoms with Gasteiger partial charge >= 0.3 is 5.97 Å². The van der Waals surface area contributed by atoms with Gasteiger partial charge in [-0.1, -0.05) is 11.6 Å². The Hall–Kier alpha value is -1.82. The zero-order chi connectivity index (χ0) is 15.8. The summed E-state index contributed by atoms with van der Waals surface area (Å²) in [7, 11) is 1.71. The molecule has 21 heavy (non-hydrogen) atoms. The van der Waals surface area contributed by atoms with E-state index < -0.39 is 17.4 Å². The topological polar surface area (TPSA) is 84.2 Å². The fourth-order valence-corrected chi connectivity index (χ4v) is 2.52. The van der Waals surface area contributed by atoms with E-state index in [4.69, 9.17) is 11.6 Å². The van der Waals surface area contributed by atoms with Gasteiger partial charge in [0, 0.05) is 18.7 Å². The molecule has 114 valence electrons. The lowest BCUT2D eigenvalue weighted by atomic mass is 9.96. The predicted octanol–water partition coefficient (Wildman–Crippen LogP) is 1.76. The molecule has 1 aliphatic carbocycles. The van der Waals surface area contributed by atoms with Gasteiger partial charge in [0.1, 0.15) is 10.7 Å². The molecule has 0 aliphatic heterocycles. The maximum Gasteiger partial charge on any atom is 0.329 e. The van der Waals surface area contributed by atoms with Gasteiger partial charge in [-0.2, -0.15) is 5.10 Å². The van der Waals surface area contributed by atoms with Gasteiger partial charge in [0.05, 0.1) is 5.69 Å². The number of carboxylic acids is 1. The number of halogens is 1. The van der Waals surface area contributed by atoms with Crippen LogP contribution in [0.4, 0.5) is 0 Å². The molecule has 0 saturated heterocycles. The first-order chi connectivity index (χ1) is 9.75. The maximum atomic E-state index is 12.0. The van der Waals surface area contributed by atoms with E-state index in [1.54, 1.807) is 27.0 Å². The molecule has 1 aromatic rings. The molecule has 0 radical (unpaired) electrons. The second-order valence-corrected chi connectivity index (χ2v) is 5.88. The molecule has 0 spiro atoms. The van der Waals surface area contributed by atoms with Crippen molar-refractivity contribution in [2.24, 2.45) is 13.0 Å². The zero-order valence-electron chi connectivity index (χ0n) is 12.2. The van der Waals surface area contributed by atoms with Crippen LogP contribution in [0.25, 0.3) is 6.08 Å². The highest BCUT2D eigenvalue weighted by atomic mass is 35.5. The van der Waals surface area contributed by atoms with E-state index in [2.05, 4.69) is 10.4 Å². The normalized spacial score (nSPS) is 17.7. The summed E-state index contributed by atoms with van der Waals surface area (Å²) in [6, 6.07) is 0. The van der Waals surface area contributed by atoms with E-state index in [1.807, 2.05) is 0 Å². The molecule has 1 heterocycles. The van der Waals surface area contributed by atoms with E-state index >= 15 is 0 Å². The lowest BCUT2D eigenvalue weighted by Crippen LogP contribution is -2.53. The highest BCUT2D eigenvalue weighted by molar-refractivity contribution is 6.31. The van der Waals surface area contributed by atoms with Crippen LogP contribution in [0.5, 0.6) is 0 Å². The van der Waals surface area contributed by atoms with Crippen LogP contribution in [0.1, 0.15) is 31.0 Å². The van der Waals surface area contributed by atoms with Crippen LogP contribution in [0.15, 0.2) is 6.08 Å². The van der Waals surface area contributed by atoms with Gasteiger partial charge < -0.3 is 10.4 Å². The van der Waals surface area contributed by atoms with Gasteiger partial charge in [0.25, 0.3) is 0 Å². The van der Waals surface area contributed by atoms with Crippen molar-refractivity contribution in [3.05, 3.63) is 22.5 Å². The lowest BCUT2D eigenvalue weighted by molar-refractivity contribution is -0.147. The number of aliphatic carboxylic acids is 1. The molecule has 1 aliphatic rings. The van der Waals surface area contributed by atoms with Gasteiger partial charge in [-0.25, -0.2) is 4.79 Å². The first-order valence-electron chi connectivity index (χ1n) is 6.68. The van der Waals surface area contributed by atoms with Crippen molar-refractivity contribution in [3.8, 4) is 0 Å². The molecular formula is C14H18ClN3O3. The van der Waals surface area contributed by atoms with Crippen molar-refractivity contribution < 1.29 is 14.7 Å². The Bertz CT molecular complexity index is 619. The first kappa shape index (κ1) is 15.6. The van der Waals surface area contributed by atoms with E-state index in [0.717, 1.165) is 12.8 Å². The Balaban J connectivity index is 2.11. The van der Waals surface area contributed by atoms with Gasteiger partial charge in [0.15, 0.2) is 0 Å². The molecule has 1 saturated carbocycles. The number of rotatable bonds is 5. The number of hydrogen-bond acceptors (Lipinski definition) is 3. The van der Waals surface area contributed by atoms with Crippen molar-refractivity contribution in [1.29, 1.82) is 0 Å². The zero-order valence-corrected chi connectivity index (χ0v) is 12.9. The van der Waals surface area contributed by atoms with Crippen LogP contribution in [0.2, 0.25) is 5.15 Å². The summed E-state index contributed by atoms with van der Waals surface area (Å²) in [6.07, 6.45) is 4.48. The molecule has 2 rings (SSSR count). The second kappa shape index (κ2) is 5.52. The number of carboxylic acid groups (broad SMARTS) is 1. The standard InChI is InChI=1S/C14H18ClN3O3/c1-8-10(12(15)18(3)17-8)6-7-11(19)16-14(2,13(20)21)9-4-5-9/h6-7,9H,4-5H2,1-3H3,(H,16,19)(H,20,21)/b7-6+. The van der Waals surface area contributed by atoms with Crippen molar-refractivity contribution in [2.75, 3.05) is 0 Å². The van der Waals surface area contributed by atoms with Crippen LogP contribution in [-0.4, -0.2) is 32.3 Å². The number of aryl methyl sites for hydroxylation is 2. The number of hydrogen-bond donors (Lipinski definition) is 2. The minimum atomic E-state index is -1.21. The molecule has 1 unspecified atom stereocenters. The van der Waals surface area contributed by atoms with E-state index in [1.165, 1.54) is 10.8 Å². The number of carbonyl (C=O) groups is 2. The summed E-state index contributed by atoms with van der Waals surface area (Å²) in [5, 5.41) is 16.4. The molecule has 1 fully saturated rings. The smallest absolute Gasteiger partial charge is 0.329 e. The summed E-state index contributed by atoms with van der Waals surface area (Å²) in [5.41, 5.74) is 0.141. The molecule has 6 nitrogen and oxygen atoms in total. The fourth-order valence-electron chi connectivity index (χ4n) is 2.28. The Kier molecular flexibility index (Phi) is 4.09. The van der Waals surface area contributed by atoms with Crippen LogP contribution < -0.4 is 5.32 Å². The molecule has 0 bridgehead atoms. The van der Waals surface area contributed by atoms with Crippen LogP contribution in [0.3, 0.4) is 0 Å².